The lowest BCUT2D eigenvalue weighted by Crippen LogP contribution is -2.15. The van der Waals surface area contributed by atoms with Crippen molar-refractivity contribution in [1.29, 1.82) is 0 Å². The fourth-order valence-electron chi connectivity index (χ4n) is 4.02. The van der Waals surface area contributed by atoms with Crippen molar-refractivity contribution in [3.63, 3.8) is 0 Å². The average molecular weight is 488 g/mol. The predicted octanol–water partition coefficient (Wildman–Crippen LogP) is 6.35. The van der Waals surface area contributed by atoms with Gasteiger partial charge in [-0.2, -0.15) is 18.3 Å². The van der Waals surface area contributed by atoms with E-state index in [2.05, 4.69) is 15.4 Å². The number of alkyl halides is 3. The molecule has 1 amide bonds. The number of carbonyl (C=O) groups excluding carboxylic acids is 1. The van der Waals surface area contributed by atoms with E-state index >= 15 is 0 Å². The van der Waals surface area contributed by atoms with E-state index in [0.717, 1.165) is 17.2 Å². The molecule has 0 unspecified atom stereocenters. The second kappa shape index (κ2) is 8.84. The summed E-state index contributed by atoms with van der Waals surface area (Å²) in [4.78, 5) is 17.2. The average Bonchev–Trinajstić information content (AvgIpc) is 3.28. The van der Waals surface area contributed by atoms with Gasteiger partial charge in [-0.15, -0.1) is 0 Å². The summed E-state index contributed by atoms with van der Waals surface area (Å²) in [7, 11) is 0. The largest absolute Gasteiger partial charge is 0.508 e. The van der Waals surface area contributed by atoms with Crippen LogP contribution in [0.1, 0.15) is 21.5 Å². The first-order chi connectivity index (χ1) is 17.2. The van der Waals surface area contributed by atoms with Gasteiger partial charge in [0.25, 0.3) is 5.91 Å². The van der Waals surface area contributed by atoms with Gasteiger partial charge in [-0.1, -0.05) is 30.3 Å². The molecule has 0 saturated heterocycles. The van der Waals surface area contributed by atoms with Gasteiger partial charge < -0.3 is 10.4 Å². The van der Waals surface area contributed by atoms with Gasteiger partial charge in [-0.3, -0.25) is 4.79 Å². The molecule has 0 aliphatic carbocycles. The third-order valence-electron chi connectivity index (χ3n) is 5.78. The van der Waals surface area contributed by atoms with Gasteiger partial charge in [-0.05, 0) is 60.5 Å². The number of aromatic nitrogens is 3. The Hall–Kier alpha value is -4.66. The normalized spacial score (nSPS) is 11.6. The molecule has 0 spiro atoms. The van der Waals surface area contributed by atoms with Gasteiger partial charge in [-0.25, -0.2) is 9.50 Å². The SMILES string of the molecule is Cc1ccc(C(=O)Nc2cccc(-c3ccnc4c(-c5cccc(O)c5)cnn34)c2)cc1C(F)(F)F. The van der Waals surface area contributed by atoms with Crippen LogP contribution in [0.15, 0.2) is 85.2 Å². The summed E-state index contributed by atoms with van der Waals surface area (Å²) < 4.78 is 41.4. The van der Waals surface area contributed by atoms with Crippen LogP contribution in [0.3, 0.4) is 0 Å². The van der Waals surface area contributed by atoms with E-state index in [-0.39, 0.29) is 16.9 Å². The molecular weight excluding hydrogens is 469 g/mol. The molecule has 2 N–H and O–H groups in total. The molecule has 6 nitrogen and oxygen atoms in total. The number of nitrogens with one attached hydrogen (secondary N) is 1. The van der Waals surface area contributed by atoms with Crippen LogP contribution in [-0.2, 0) is 6.18 Å². The van der Waals surface area contributed by atoms with Crippen molar-refractivity contribution in [2.75, 3.05) is 5.32 Å². The number of nitrogens with zero attached hydrogens (tertiary/aromatic N) is 3. The molecule has 0 saturated carbocycles. The van der Waals surface area contributed by atoms with E-state index in [9.17, 15) is 23.1 Å². The van der Waals surface area contributed by atoms with Crippen LogP contribution in [0.25, 0.3) is 28.0 Å². The molecule has 36 heavy (non-hydrogen) atoms. The third-order valence-corrected chi connectivity index (χ3v) is 5.78. The van der Waals surface area contributed by atoms with Crippen molar-refractivity contribution in [3.05, 3.63) is 102 Å². The smallest absolute Gasteiger partial charge is 0.416 e. The zero-order valence-corrected chi connectivity index (χ0v) is 18.9. The Bertz CT molecular complexity index is 1610. The van der Waals surface area contributed by atoms with Crippen LogP contribution >= 0.6 is 0 Å². The number of amides is 1. The van der Waals surface area contributed by atoms with Gasteiger partial charge >= 0.3 is 6.18 Å². The lowest BCUT2D eigenvalue weighted by atomic mass is 10.0. The summed E-state index contributed by atoms with van der Waals surface area (Å²) >= 11 is 0. The number of halogens is 3. The van der Waals surface area contributed by atoms with Crippen LogP contribution in [0.2, 0.25) is 0 Å². The lowest BCUT2D eigenvalue weighted by Gasteiger charge is -2.13. The van der Waals surface area contributed by atoms with Crippen molar-refractivity contribution >= 4 is 17.2 Å². The molecule has 0 bridgehead atoms. The molecule has 0 aliphatic heterocycles. The van der Waals surface area contributed by atoms with Crippen molar-refractivity contribution in [2.24, 2.45) is 0 Å². The first-order valence-corrected chi connectivity index (χ1v) is 10.9. The van der Waals surface area contributed by atoms with Crippen LogP contribution in [0, 0.1) is 6.92 Å². The lowest BCUT2D eigenvalue weighted by molar-refractivity contribution is -0.138. The van der Waals surface area contributed by atoms with Crippen LogP contribution < -0.4 is 5.32 Å². The van der Waals surface area contributed by atoms with Crippen molar-refractivity contribution < 1.29 is 23.1 Å². The van der Waals surface area contributed by atoms with Gasteiger partial charge in [0.2, 0.25) is 0 Å². The maximum absolute atomic E-state index is 13.3. The van der Waals surface area contributed by atoms with Crippen molar-refractivity contribution in [2.45, 2.75) is 13.1 Å². The molecule has 2 heterocycles. The number of aromatic hydroxyl groups is 1. The Morgan fingerprint density at radius 3 is 2.53 bits per heavy atom. The van der Waals surface area contributed by atoms with Crippen molar-refractivity contribution in [1.82, 2.24) is 14.6 Å². The highest BCUT2D eigenvalue weighted by atomic mass is 19.4. The number of hydrogen-bond acceptors (Lipinski definition) is 4. The Labute approximate surface area is 203 Å². The Morgan fingerprint density at radius 2 is 1.75 bits per heavy atom. The highest BCUT2D eigenvalue weighted by molar-refractivity contribution is 6.04. The number of rotatable bonds is 4. The first-order valence-electron chi connectivity index (χ1n) is 10.9. The molecule has 5 aromatic rings. The number of benzene rings is 3. The number of hydrogen-bond donors (Lipinski definition) is 2. The first kappa shape index (κ1) is 23.1. The number of aryl methyl sites for hydroxylation is 1. The third kappa shape index (κ3) is 4.38. The Balaban J connectivity index is 1.47. The topological polar surface area (TPSA) is 79.5 Å². The summed E-state index contributed by atoms with van der Waals surface area (Å²) in [6.45, 7) is 1.35. The number of fused-ring (bicyclic) bond motifs is 1. The minimum absolute atomic E-state index is 0.0482. The zero-order chi connectivity index (χ0) is 25.4. The summed E-state index contributed by atoms with van der Waals surface area (Å²) in [5.74, 6) is -0.523. The monoisotopic (exact) mass is 488 g/mol. The molecular formula is C27H19F3N4O2. The molecule has 3 aromatic carbocycles. The Morgan fingerprint density at radius 1 is 0.972 bits per heavy atom. The fourth-order valence-corrected chi connectivity index (χ4v) is 4.02. The maximum Gasteiger partial charge on any atom is 0.416 e. The molecule has 5 rings (SSSR count). The van der Waals surface area contributed by atoms with Crippen LogP contribution in [0.4, 0.5) is 18.9 Å². The molecule has 180 valence electrons. The summed E-state index contributed by atoms with van der Waals surface area (Å²) in [6.07, 6.45) is -1.26. The summed E-state index contributed by atoms with van der Waals surface area (Å²) in [5, 5.41) is 17.0. The van der Waals surface area contributed by atoms with E-state index < -0.39 is 17.6 Å². The van der Waals surface area contributed by atoms with Gasteiger partial charge in [0.05, 0.1) is 17.5 Å². The molecule has 2 aromatic heterocycles. The number of phenols is 1. The van der Waals surface area contributed by atoms with Crippen LogP contribution in [-0.4, -0.2) is 25.6 Å². The molecule has 0 radical (unpaired) electrons. The second-order valence-corrected chi connectivity index (χ2v) is 8.24. The van der Waals surface area contributed by atoms with Crippen LogP contribution in [0.5, 0.6) is 5.75 Å². The highest BCUT2D eigenvalue weighted by Crippen LogP contribution is 2.33. The maximum atomic E-state index is 13.3. The summed E-state index contributed by atoms with van der Waals surface area (Å²) in [5.41, 5.74) is 3.00. The van der Waals surface area contributed by atoms with E-state index in [0.29, 0.717) is 22.6 Å². The number of anilines is 1. The second-order valence-electron chi connectivity index (χ2n) is 8.24. The molecule has 0 aliphatic rings. The number of phenolic OH excluding ortho intramolecular Hbond substituents is 1. The molecule has 0 fully saturated rings. The fraction of sp³-hybridized carbons (Fsp3) is 0.0741. The van der Waals surface area contributed by atoms with E-state index in [1.807, 2.05) is 12.1 Å². The highest BCUT2D eigenvalue weighted by Gasteiger charge is 2.33. The zero-order valence-electron chi connectivity index (χ0n) is 18.9. The van der Waals surface area contributed by atoms with Gasteiger partial charge in [0.1, 0.15) is 5.75 Å². The number of carbonyl (C=O) groups is 1. The van der Waals surface area contributed by atoms with E-state index in [4.69, 9.17) is 0 Å². The van der Waals surface area contributed by atoms with Gasteiger partial charge in [0, 0.05) is 28.6 Å². The quantitative estimate of drug-likeness (QED) is 0.309. The molecule has 0 atom stereocenters. The van der Waals surface area contributed by atoms with Crippen molar-refractivity contribution in [3.8, 4) is 28.1 Å². The Kier molecular flexibility index (Phi) is 5.68. The van der Waals surface area contributed by atoms with E-state index in [1.54, 1.807) is 59.4 Å². The predicted molar refractivity (Wildman–Crippen MR) is 130 cm³/mol. The minimum atomic E-state index is -4.55. The van der Waals surface area contributed by atoms with Gasteiger partial charge in [0.15, 0.2) is 5.65 Å². The minimum Gasteiger partial charge on any atom is -0.508 e. The van der Waals surface area contributed by atoms with E-state index in [1.165, 1.54) is 19.1 Å². The standard InChI is InChI=1S/C27H19F3N4O2/c1-16-8-9-19(14-23(16)27(28,29)30)26(36)33-20-6-2-5-18(12-20)24-10-11-31-25-22(15-32-34(24)25)17-4-3-7-21(35)13-17/h2-15,35H,1H3,(H,33,36). The summed E-state index contributed by atoms with van der Waals surface area (Å²) in [6, 6.07) is 19.0. The molecule has 9 heteroatoms.